The molecule has 106 valence electrons. The fourth-order valence-electron chi connectivity index (χ4n) is 1.73. The molecule has 2 heterocycles. The van der Waals surface area contributed by atoms with Crippen LogP contribution in [0.3, 0.4) is 0 Å². The minimum atomic E-state index is -0.750. The Kier molecular flexibility index (Phi) is 6.59. The number of hydrogen-bond acceptors (Lipinski definition) is 6. The molecule has 2 aliphatic rings. The molecule has 5 atom stereocenters. The number of aliphatic hydroxyl groups is 3. The van der Waals surface area contributed by atoms with Crippen molar-refractivity contribution >= 4 is 0 Å². The van der Waals surface area contributed by atoms with Crippen LogP contribution in [-0.2, 0) is 14.2 Å². The highest BCUT2D eigenvalue weighted by Gasteiger charge is 2.32. The zero-order chi connectivity index (χ0) is 13.5. The molecule has 18 heavy (non-hydrogen) atoms. The lowest BCUT2D eigenvalue weighted by atomic mass is 10.1. The van der Waals surface area contributed by atoms with Gasteiger partial charge >= 0.3 is 1.43 Å². The Morgan fingerprint density at radius 3 is 2.39 bits per heavy atom. The highest BCUT2D eigenvalue weighted by atomic mass is 16.7. The van der Waals surface area contributed by atoms with Crippen LogP contribution in [0.15, 0.2) is 12.3 Å². The first-order valence-corrected chi connectivity index (χ1v) is 6.09. The first-order valence-electron chi connectivity index (χ1n) is 6.09. The molecule has 0 radical (unpaired) electrons. The summed E-state index contributed by atoms with van der Waals surface area (Å²) in [6, 6.07) is 0. The van der Waals surface area contributed by atoms with Gasteiger partial charge in [0.2, 0.25) is 0 Å². The highest BCUT2D eigenvalue weighted by molar-refractivity contribution is 4.91. The lowest BCUT2D eigenvalue weighted by Gasteiger charge is -2.17. The second-order valence-corrected chi connectivity index (χ2v) is 4.27. The van der Waals surface area contributed by atoms with Gasteiger partial charge in [-0.25, -0.2) is 0 Å². The van der Waals surface area contributed by atoms with Gasteiger partial charge < -0.3 is 29.5 Å². The molecule has 1 fully saturated rings. The van der Waals surface area contributed by atoms with E-state index in [4.69, 9.17) is 19.7 Å². The van der Waals surface area contributed by atoms with Gasteiger partial charge in [-0.1, -0.05) is 6.92 Å². The fraction of sp³-hybridized carbons (Fsp3) is 0.833. The Morgan fingerprint density at radius 2 is 2.06 bits per heavy atom. The normalized spacial score (nSPS) is 38.8. The van der Waals surface area contributed by atoms with E-state index in [1.165, 1.54) is 12.3 Å². The molecule has 6 heteroatoms. The van der Waals surface area contributed by atoms with E-state index in [0.29, 0.717) is 6.42 Å². The number of ether oxygens (including phenoxy) is 3. The Bertz CT molecular complexity index is 263. The Balaban J connectivity index is 0.000000331. The van der Waals surface area contributed by atoms with Crippen LogP contribution in [-0.4, -0.2) is 59.7 Å². The molecule has 2 rings (SSSR count). The van der Waals surface area contributed by atoms with E-state index in [0.717, 1.165) is 6.42 Å². The van der Waals surface area contributed by atoms with Crippen LogP contribution < -0.4 is 0 Å². The Morgan fingerprint density at radius 1 is 1.33 bits per heavy atom. The number of hydrogen-bond donors (Lipinski definition) is 3. The Labute approximate surface area is 108 Å². The number of rotatable bonds is 2. The summed E-state index contributed by atoms with van der Waals surface area (Å²) in [4.78, 5) is 0. The van der Waals surface area contributed by atoms with E-state index >= 15 is 0 Å². The fourth-order valence-corrected chi connectivity index (χ4v) is 1.73. The van der Waals surface area contributed by atoms with E-state index in [1.54, 1.807) is 7.11 Å². The largest absolute Gasteiger partial charge is 1.00 e. The molecule has 3 N–H and O–H groups in total. The minimum Gasteiger partial charge on any atom is -0.499 e. The van der Waals surface area contributed by atoms with Crippen molar-refractivity contribution in [2.45, 2.75) is 50.5 Å². The first kappa shape index (κ1) is 15.4. The minimum absolute atomic E-state index is 0. The molecule has 0 aromatic rings. The van der Waals surface area contributed by atoms with Crippen LogP contribution in [0.25, 0.3) is 0 Å². The van der Waals surface area contributed by atoms with Crippen LogP contribution in [0.1, 0.15) is 21.2 Å². The van der Waals surface area contributed by atoms with E-state index in [1.807, 2.05) is 6.92 Å². The van der Waals surface area contributed by atoms with Crippen molar-refractivity contribution in [1.29, 1.82) is 0 Å². The topological polar surface area (TPSA) is 88.4 Å². The average molecular weight is 263 g/mol. The predicted molar refractivity (Wildman–Crippen MR) is 64.8 cm³/mol. The average Bonchev–Trinajstić information content (AvgIpc) is 2.74. The zero-order valence-electron chi connectivity index (χ0n) is 11.7. The van der Waals surface area contributed by atoms with Gasteiger partial charge in [0.15, 0.2) is 6.29 Å². The van der Waals surface area contributed by atoms with E-state index < -0.39 is 12.2 Å². The molecule has 0 saturated carbocycles. The van der Waals surface area contributed by atoms with Gasteiger partial charge in [0.05, 0.1) is 18.5 Å². The van der Waals surface area contributed by atoms with Crippen molar-refractivity contribution in [2.75, 3.05) is 13.7 Å². The monoisotopic (exact) mass is 263 g/mol. The molecule has 0 unspecified atom stereocenters. The van der Waals surface area contributed by atoms with Gasteiger partial charge in [0.1, 0.15) is 18.8 Å². The standard InChI is InChI=1S/C7H14O3.C5H8O3/c1-3-6-5(8)4-7(9-2)10-6;6-4-1-2-8-3-5(4)7/h5-8H,3-4H2,1-2H3;1-2,4-7H,3H2/p+1/t5-,6-,7-;4-,5+/m01/s1. The molecule has 1 saturated heterocycles. The smallest absolute Gasteiger partial charge is 0.499 e. The molecule has 0 aromatic carbocycles. The molecule has 0 aliphatic carbocycles. The molecule has 0 spiro atoms. The van der Waals surface area contributed by atoms with E-state index in [-0.39, 0.29) is 26.5 Å². The summed E-state index contributed by atoms with van der Waals surface area (Å²) in [5.74, 6) is 0. The predicted octanol–water partition coefficient (Wildman–Crippen LogP) is -0.117. The molecular weight excluding hydrogens is 240 g/mol. The van der Waals surface area contributed by atoms with Crippen LogP contribution in [0, 0.1) is 0 Å². The molecule has 0 amide bonds. The lowest BCUT2D eigenvalue weighted by Crippen LogP contribution is -2.30. The number of methoxy groups -OCH3 is 1. The quantitative estimate of drug-likeness (QED) is 0.644. The van der Waals surface area contributed by atoms with Crippen LogP contribution in [0.2, 0.25) is 0 Å². The van der Waals surface area contributed by atoms with Gasteiger partial charge in [0, 0.05) is 13.5 Å². The summed E-state index contributed by atoms with van der Waals surface area (Å²) in [6.45, 7) is 2.18. The highest BCUT2D eigenvalue weighted by Crippen LogP contribution is 2.22. The van der Waals surface area contributed by atoms with E-state index in [9.17, 15) is 5.11 Å². The molecular formula is C12H23O6+. The summed E-state index contributed by atoms with van der Waals surface area (Å²) >= 11 is 0. The summed E-state index contributed by atoms with van der Waals surface area (Å²) in [5.41, 5.74) is 0. The first-order chi connectivity index (χ1) is 8.58. The van der Waals surface area contributed by atoms with Crippen molar-refractivity contribution < 1.29 is 31.0 Å². The van der Waals surface area contributed by atoms with Gasteiger partial charge in [-0.15, -0.1) is 0 Å². The summed E-state index contributed by atoms with van der Waals surface area (Å²) in [6.07, 6.45) is 2.20. The van der Waals surface area contributed by atoms with Crippen molar-refractivity contribution in [3.8, 4) is 0 Å². The summed E-state index contributed by atoms with van der Waals surface area (Å²) in [5, 5.41) is 26.8. The lowest BCUT2D eigenvalue weighted by molar-refractivity contribution is -0.117. The Hall–Kier alpha value is -0.660. The van der Waals surface area contributed by atoms with Crippen molar-refractivity contribution in [2.24, 2.45) is 0 Å². The van der Waals surface area contributed by atoms with Crippen LogP contribution in [0.4, 0.5) is 0 Å². The van der Waals surface area contributed by atoms with Crippen molar-refractivity contribution in [3.63, 3.8) is 0 Å². The third-order valence-corrected chi connectivity index (χ3v) is 2.89. The van der Waals surface area contributed by atoms with Crippen molar-refractivity contribution in [1.82, 2.24) is 0 Å². The SMILES string of the molecule is CC[C@@H]1O[C@H](OC)C[C@@H]1O.O[C@@H]1C=COC[C@@H]1O.[H+]. The maximum Gasteiger partial charge on any atom is 1.00 e. The summed E-state index contributed by atoms with van der Waals surface area (Å²) < 4.78 is 14.9. The second-order valence-electron chi connectivity index (χ2n) is 4.27. The zero-order valence-corrected chi connectivity index (χ0v) is 10.7. The van der Waals surface area contributed by atoms with Gasteiger partial charge in [-0.2, -0.15) is 0 Å². The van der Waals surface area contributed by atoms with E-state index in [2.05, 4.69) is 4.74 Å². The van der Waals surface area contributed by atoms with Crippen molar-refractivity contribution in [3.05, 3.63) is 12.3 Å². The van der Waals surface area contributed by atoms with Crippen LogP contribution >= 0.6 is 0 Å². The van der Waals surface area contributed by atoms with Gasteiger partial charge in [0.25, 0.3) is 0 Å². The van der Waals surface area contributed by atoms with Gasteiger partial charge in [-0.05, 0) is 12.5 Å². The van der Waals surface area contributed by atoms with Gasteiger partial charge in [-0.3, -0.25) is 0 Å². The molecule has 0 aromatic heterocycles. The maximum atomic E-state index is 9.29. The molecule has 0 bridgehead atoms. The number of aliphatic hydroxyl groups excluding tert-OH is 3. The third kappa shape index (κ3) is 4.55. The third-order valence-electron chi connectivity index (χ3n) is 2.89. The molecule has 6 nitrogen and oxygen atoms in total. The summed E-state index contributed by atoms with van der Waals surface area (Å²) in [7, 11) is 1.59. The van der Waals surface area contributed by atoms with Crippen LogP contribution in [0.5, 0.6) is 0 Å². The second kappa shape index (κ2) is 7.70. The maximum absolute atomic E-state index is 9.29. The molecule has 2 aliphatic heterocycles.